The molecule has 2 amide bonds. The van der Waals surface area contributed by atoms with Crippen LogP contribution in [0.3, 0.4) is 0 Å². The van der Waals surface area contributed by atoms with Gasteiger partial charge in [-0.3, -0.25) is 4.79 Å². The molecule has 1 fully saturated rings. The van der Waals surface area contributed by atoms with Gasteiger partial charge in [-0.15, -0.1) is 0 Å². The number of carboxylic acid groups (broad SMARTS) is 1. The molecule has 0 bridgehead atoms. The van der Waals surface area contributed by atoms with Gasteiger partial charge in [0.25, 0.3) is 0 Å². The van der Waals surface area contributed by atoms with Crippen molar-refractivity contribution in [3.05, 3.63) is 35.9 Å². The second-order valence-corrected chi connectivity index (χ2v) is 5.49. The summed E-state index contributed by atoms with van der Waals surface area (Å²) in [6.45, 7) is 3.13. The predicted octanol–water partition coefficient (Wildman–Crippen LogP) is 2.47. The molecule has 1 aliphatic carbocycles. The molecular weight excluding hydrogens is 268 g/mol. The molecule has 1 aromatic carbocycles. The van der Waals surface area contributed by atoms with E-state index in [4.69, 9.17) is 5.11 Å². The third-order valence-electron chi connectivity index (χ3n) is 3.99. The molecule has 2 atom stereocenters. The van der Waals surface area contributed by atoms with Gasteiger partial charge in [0, 0.05) is 19.1 Å². The fraction of sp³-hybridized carbons (Fsp3) is 0.500. The zero-order chi connectivity index (χ0) is 15.2. The standard InChI is InChI=1S/C16H22N2O3/c1-2-18(11-12-6-4-3-5-7-12)16(21)17-14-9-8-13(10-14)15(19)20/h3-7,13-14H,2,8-11H2,1H3,(H,17,21)(H,19,20)/t13-,14+/m1/s1. The lowest BCUT2D eigenvalue weighted by molar-refractivity contribution is -0.141. The van der Waals surface area contributed by atoms with Gasteiger partial charge in [-0.25, -0.2) is 4.79 Å². The molecule has 21 heavy (non-hydrogen) atoms. The SMILES string of the molecule is CCN(Cc1ccccc1)C(=O)N[C@H]1CC[C@@H](C(=O)O)C1. The molecule has 2 N–H and O–H groups in total. The van der Waals surface area contributed by atoms with E-state index in [0.717, 1.165) is 12.0 Å². The molecule has 0 heterocycles. The van der Waals surface area contributed by atoms with E-state index >= 15 is 0 Å². The number of carboxylic acids is 1. The monoisotopic (exact) mass is 290 g/mol. The lowest BCUT2D eigenvalue weighted by atomic mass is 10.1. The molecule has 0 unspecified atom stereocenters. The van der Waals surface area contributed by atoms with Gasteiger partial charge in [0.1, 0.15) is 0 Å². The highest BCUT2D eigenvalue weighted by Gasteiger charge is 2.31. The maximum Gasteiger partial charge on any atom is 0.317 e. The number of carbonyl (C=O) groups excluding carboxylic acids is 1. The Bertz CT molecular complexity index is 490. The summed E-state index contributed by atoms with van der Waals surface area (Å²) in [5, 5.41) is 12.0. The van der Waals surface area contributed by atoms with Crippen molar-refractivity contribution < 1.29 is 14.7 Å². The van der Waals surface area contributed by atoms with Crippen molar-refractivity contribution in [2.75, 3.05) is 6.54 Å². The highest BCUT2D eigenvalue weighted by Crippen LogP contribution is 2.25. The highest BCUT2D eigenvalue weighted by molar-refractivity contribution is 5.75. The van der Waals surface area contributed by atoms with E-state index in [1.165, 1.54) is 0 Å². The molecule has 0 saturated heterocycles. The van der Waals surface area contributed by atoms with E-state index < -0.39 is 5.97 Å². The number of carbonyl (C=O) groups is 2. The van der Waals surface area contributed by atoms with Gasteiger partial charge in [-0.1, -0.05) is 30.3 Å². The van der Waals surface area contributed by atoms with Crippen molar-refractivity contribution in [3.8, 4) is 0 Å². The summed E-state index contributed by atoms with van der Waals surface area (Å²) in [5.41, 5.74) is 1.09. The van der Waals surface area contributed by atoms with Crippen molar-refractivity contribution in [2.45, 2.75) is 38.8 Å². The molecule has 2 rings (SSSR count). The molecule has 0 aromatic heterocycles. The topological polar surface area (TPSA) is 69.6 Å². The average molecular weight is 290 g/mol. The fourth-order valence-electron chi connectivity index (χ4n) is 2.73. The van der Waals surface area contributed by atoms with E-state index in [1.807, 2.05) is 37.3 Å². The van der Waals surface area contributed by atoms with Crippen LogP contribution in [-0.4, -0.2) is 34.6 Å². The Morgan fingerprint density at radius 2 is 2.00 bits per heavy atom. The first-order valence-electron chi connectivity index (χ1n) is 7.42. The number of nitrogens with one attached hydrogen (secondary N) is 1. The smallest absolute Gasteiger partial charge is 0.317 e. The molecule has 0 radical (unpaired) electrons. The second-order valence-electron chi connectivity index (χ2n) is 5.49. The summed E-state index contributed by atoms with van der Waals surface area (Å²) in [6.07, 6.45) is 1.92. The van der Waals surface area contributed by atoms with Crippen molar-refractivity contribution in [1.29, 1.82) is 0 Å². The molecule has 0 spiro atoms. The van der Waals surface area contributed by atoms with Crippen LogP contribution in [-0.2, 0) is 11.3 Å². The van der Waals surface area contributed by atoms with Gasteiger partial charge in [0.2, 0.25) is 0 Å². The summed E-state index contributed by atoms with van der Waals surface area (Å²) in [7, 11) is 0. The van der Waals surface area contributed by atoms with E-state index in [0.29, 0.717) is 25.9 Å². The summed E-state index contributed by atoms with van der Waals surface area (Å²) in [6, 6.07) is 9.70. The van der Waals surface area contributed by atoms with Crippen molar-refractivity contribution in [2.24, 2.45) is 5.92 Å². The lowest BCUT2D eigenvalue weighted by Crippen LogP contribution is -2.43. The van der Waals surface area contributed by atoms with Crippen molar-refractivity contribution in [3.63, 3.8) is 0 Å². The molecule has 0 aliphatic heterocycles. The third-order valence-corrected chi connectivity index (χ3v) is 3.99. The molecule has 114 valence electrons. The minimum atomic E-state index is -0.761. The quantitative estimate of drug-likeness (QED) is 0.875. The average Bonchev–Trinajstić information content (AvgIpc) is 2.94. The lowest BCUT2D eigenvalue weighted by Gasteiger charge is -2.24. The maximum atomic E-state index is 12.3. The predicted molar refractivity (Wildman–Crippen MR) is 79.8 cm³/mol. The zero-order valence-electron chi connectivity index (χ0n) is 12.3. The number of hydrogen-bond acceptors (Lipinski definition) is 2. The molecule has 5 nitrogen and oxygen atoms in total. The van der Waals surface area contributed by atoms with E-state index in [-0.39, 0.29) is 18.0 Å². The Balaban J connectivity index is 1.88. The minimum absolute atomic E-state index is 0.0246. The number of rotatable bonds is 5. The molecule has 1 aromatic rings. The van der Waals surface area contributed by atoms with Gasteiger partial charge in [0.15, 0.2) is 0 Å². The Hall–Kier alpha value is -2.04. The van der Waals surface area contributed by atoms with Crippen LogP contribution in [0.2, 0.25) is 0 Å². The van der Waals surface area contributed by atoms with Crippen molar-refractivity contribution >= 4 is 12.0 Å². The summed E-state index contributed by atoms with van der Waals surface area (Å²) in [5.74, 6) is -1.08. The first-order valence-corrected chi connectivity index (χ1v) is 7.42. The Morgan fingerprint density at radius 3 is 2.57 bits per heavy atom. The van der Waals surface area contributed by atoms with Crippen LogP contribution < -0.4 is 5.32 Å². The number of aliphatic carboxylic acids is 1. The maximum absolute atomic E-state index is 12.3. The van der Waals surface area contributed by atoms with E-state index in [9.17, 15) is 9.59 Å². The number of benzene rings is 1. The van der Waals surface area contributed by atoms with Crippen molar-refractivity contribution in [1.82, 2.24) is 10.2 Å². The summed E-state index contributed by atoms with van der Waals surface area (Å²) in [4.78, 5) is 25.0. The van der Waals surface area contributed by atoms with Crippen LogP contribution in [0.25, 0.3) is 0 Å². The van der Waals surface area contributed by atoms with Crippen LogP contribution >= 0.6 is 0 Å². The first kappa shape index (κ1) is 15.4. The van der Waals surface area contributed by atoms with Crippen LogP contribution in [0.1, 0.15) is 31.7 Å². The Kier molecular flexibility index (Phi) is 5.20. The number of hydrogen-bond donors (Lipinski definition) is 2. The van der Waals surface area contributed by atoms with Crippen LogP contribution in [0.15, 0.2) is 30.3 Å². The summed E-state index contributed by atoms with van der Waals surface area (Å²) >= 11 is 0. The minimum Gasteiger partial charge on any atom is -0.481 e. The number of urea groups is 1. The normalized spacial score (nSPS) is 21.0. The van der Waals surface area contributed by atoms with Crippen LogP contribution in [0.4, 0.5) is 4.79 Å². The molecule has 1 aliphatic rings. The van der Waals surface area contributed by atoms with Gasteiger partial charge in [-0.2, -0.15) is 0 Å². The Morgan fingerprint density at radius 1 is 1.29 bits per heavy atom. The second kappa shape index (κ2) is 7.11. The fourth-order valence-corrected chi connectivity index (χ4v) is 2.73. The molecule has 1 saturated carbocycles. The largest absolute Gasteiger partial charge is 0.481 e. The van der Waals surface area contributed by atoms with Gasteiger partial charge in [-0.05, 0) is 31.7 Å². The zero-order valence-corrected chi connectivity index (χ0v) is 12.3. The summed E-state index contributed by atoms with van der Waals surface area (Å²) < 4.78 is 0. The van der Waals surface area contributed by atoms with Crippen LogP contribution in [0, 0.1) is 5.92 Å². The number of nitrogens with zero attached hydrogens (tertiary/aromatic N) is 1. The van der Waals surface area contributed by atoms with Gasteiger partial charge in [0.05, 0.1) is 5.92 Å². The highest BCUT2D eigenvalue weighted by atomic mass is 16.4. The van der Waals surface area contributed by atoms with Crippen LogP contribution in [0.5, 0.6) is 0 Å². The third kappa shape index (κ3) is 4.21. The molecule has 5 heteroatoms. The van der Waals surface area contributed by atoms with Gasteiger partial charge < -0.3 is 15.3 Å². The molecular formula is C16H22N2O3. The van der Waals surface area contributed by atoms with Gasteiger partial charge >= 0.3 is 12.0 Å². The Labute approximate surface area is 125 Å². The number of amides is 2. The first-order chi connectivity index (χ1) is 10.1. The van der Waals surface area contributed by atoms with E-state index in [2.05, 4.69) is 5.32 Å². The van der Waals surface area contributed by atoms with E-state index in [1.54, 1.807) is 4.90 Å².